The Kier molecular flexibility index (Phi) is 4.58. The molecule has 20 heavy (non-hydrogen) atoms. The minimum Gasteiger partial charge on any atom is -0.465 e. The van der Waals surface area contributed by atoms with Gasteiger partial charge in [0.25, 0.3) is 0 Å². The summed E-state index contributed by atoms with van der Waals surface area (Å²) in [4.78, 5) is 15.8. The standard InChI is InChI=1S/C15H19NO2S2/c1-2-18-15(17)12-10-19-13-8-9-14(16(12)13)20-11-6-4-3-5-7-11/h3-7,12-14H,2,8-10H2,1H3. The Morgan fingerprint density at radius 3 is 2.95 bits per heavy atom. The van der Waals surface area contributed by atoms with Gasteiger partial charge in [0.2, 0.25) is 0 Å². The van der Waals surface area contributed by atoms with E-state index in [1.807, 2.05) is 36.5 Å². The second kappa shape index (κ2) is 6.41. The number of carbonyl (C=O) groups is 1. The van der Waals surface area contributed by atoms with Crippen molar-refractivity contribution in [1.29, 1.82) is 0 Å². The molecular weight excluding hydrogens is 290 g/mol. The van der Waals surface area contributed by atoms with E-state index in [-0.39, 0.29) is 12.0 Å². The molecule has 3 atom stereocenters. The highest BCUT2D eigenvalue weighted by Gasteiger charge is 2.47. The number of ether oxygens (including phenoxy) is 1. The normalized spacial score (nSPS) is 29.4. The molecule has 0 radical (unpaired) electrons. The molecule has 3 unspecified atom stereocenters. The van der Waals surface area contributed by atoms with Gasteiger partial charge in [-0.1, -0.05) is 18.2 Å². The summed E-state index contributed by atoms with van der Waals surface area (Å²) in [5.41, 5.74) is 0. The highest BCUT2D eigenvalue weighted by molar-refractivity contribution is 8.01. The van der Waals surface area contributed by atoms with Crippen LogP contribution in [0.3, 0.4) is 0 Å². The number of nitrogens with zero attached hydrogens (tertiary/aromatic N) is 1. The lowest BCUT2D eigenvalue weighted by Gasteiger charge is -2.27. The van der Waals surface area contributed by atoms with Gasteiger partial charge in [0.15, 0.2) is 0 Å². The van der Waals surface area contributed by atoms with Crippen molar-refractivity contribution in [3.8, 4) is 0 Å². The van der Waals surface area contributed by atoms with Crippen LogP contribution in [0.5, 0.6) is 0 Å². The average molecular weight is 309 g/mol. The smallest absolute Gasteiger partial charge is 0.324 e. The molecule has 0 saturated carbocycles. The molecule has 2 saturated heterocycles. The van der Waals surface area contributed by atoms with Gasteiger partial charge in [-0.05, 0) is 31.9 Å². The summed E-state index contributed by atoms with van der Waals surface area (Å²) in [7, 11) is 0. The first-order chi connectivity index (χ1) is 9.79. The van der Waals surface area contributed by atoms with Gasteiger partial charge in [-0.3, -0.25) is 9.69 Å². The van der Waals surface area contributed by atoms with Gasteiger partial charge in [-0.25, -0.2) is 0 Å². The lowest BCUT2D eigenvalue weighted by Crippen LogP contribution is -2.43. The molecule has 0 spiro atoms. The lowest BCUT2D eigenvalue weighted by atomic mass is 10.3. The SMILES string of the molecule is CCOC(=O)C1CSC2CCC(Sc3ccccc3)N21. The van der Waals surface area contributed by atoms with Crippen LogP contribution in [0.15, 0.2) is 35.2 Å². The van der Waals surface area contributed by atoms with Gasteiger partial charge in [-0.2, -0.15) is 0 Å². The Hall–Kier alpha value is -0.650. The van der Waals surface area contributed by atoms with Crippen LogP contribution in [-0.2, 0) is 9.53 Å². The van der Waals surface area contributed by atoms with E-state index in [0.29, 0.717) is 17.4 Å². The monoisotopic (exact) mass is 309 g/mol. The third-order valence-corrected chi connectivity index (χ3v) is 6.37. The van der Waals surface area contributed by atoms with E-state index in [2.05, 4.69) is 29.2 Å². The fourth-order valence-electron chi connectivity index (χ4n) is 2.83. The maximum absolute atomic E-state index is 12.1. The molecule has 2 aliphatic heterocycles. The molecule has 1 aromatic carbocycles. The first-order valence-electron chi connectivity index (χ1n) is 7.07. The maximum Gasteiger partial charge on any atom is 0.324 e. The minimum atomic E-state index is -0.0614. The van der Waals surface area contributed by atoms with Crippen molar-refractivity contribution in [2.24, 2.45) is 0 Å². The third-order valence-electron chi connectivity index (χ3n) is 3.71. The van der Waals surface area contributed by atoms with E-state index in [4.69, 9.17) is 4.74 Å². The molecule has 2 fully saturated rings. The summed E-state index contributed by atoms with van der Waals surface area (Å²) >= 11 is 3.77. The summed E-state index contributed by atoms with van der Waals surface area (Å²) in [5, 5.41) is 0.887. The van der Waals surface area contributed by atoms with Gasteiger partial charge in [0.05, 0.1) is 17.4 Å². The van der Waals surface area contributed by atoms with Crippen LogP contribution in [-0.4, -0.2) is 40.0 Å². The number of benzene rings is 1. The van der Waals surface area contributed by atoms with Crippen molar-refractivity contribution >= 4 is 29.5 Å². The van der Waals surface area contributed by atoms with Crippen LogP contribution >= 0.6 is 23.5 Å². The van der Waals surface area contributed by atoms with E-state index in [9.17, 15) is 4.79 Å². The van der Waals surface area contributed by atoms with E-state index in [1.54, 1.807) is 0 Å². The van der Waals surface area contributed by atoms with E-state index < -0.39 is 0 Å². The summed E-state index contributed by atoms with van der Waals surface area (Å²) in [6.07, 6.45) is 2.32. The summed E-state index contributed by atoms with van der Waals surface area (Å²) in [5.74, 6) is 0.818. The Morgan fingerprint density at radius 2 is 2.20 bits per heavy atom. The zero-order chi connectivity index (χ0) is 13.9. The minimum absolute atomic E-state index is 0.0527. The number of carbonyl (C=O) groups excluding carboxylic acids is 1. The lowest BCUT2D eigenvalue weighted by molar-refractivity contribution is -0.148. The van der Waals surface area contributed by atoms with Crippen molar-refractivity contribution in [1.82, 2.24) is 4.90 Å². The molecule has 0 bridgehead atoms. The van der Waals surface area contributed by atoms with Crippen LogP contribution in [0.25, 0.3) is 0 Å². The van der Waals surface area contributed by atoms with E-state index in [0.717, 1.165) is 12.2 Å². The zero-order valence-electron chi connectivity index (χ0n) is 11.5. The fourth-order valence-corrected chi connectivity index (χ4v) is 5.69. The molecule has 0 aromatic heterocycles. The van der Waals surface area contributed by atoms with Crippen LogP contribution in [0.1, 0.15) is 19.8 Å². The maximum atomic E-state index is 12.1. The number of hydrogen-bond acceptors (Lipinski definition) is 5. The molecule has 3 rings (SSSR count). The number of esters is 1. The zero-order valence-corrected chi connectivity index (χ0v) is 13.2. The van der Waals surface area contributed by atoms with Gasteiger partial charge in [0, 0.05) is 10.6 Å². The van der Waals surface area contributed by atoms with Crippen molar-refractivity contribution in [3.63, 3.8) is 0 Å². The van der Waals surface area contributed by atoms with Crippen molar-refractivity contribution in [2.45, 2.75) is 41.5 Å². The molecule has 0 aliphatic carbocycles. The van der Waals surface area contributed by atoms with Gasteiger partial charge < -0.3 is 4.74 Å². The highest BCUT2D eigenvalue weighted by atomic mass is 32.2. The van der Waals surface area contributed by atoms with Gasteiger partial charge >= 0.3 is 5.97 Å². The van der Waals surface area contributed by atoms with Crippen molar-refractivity contribution in [2.75, 3.05) is 12.4 Å². The molecule has 108 valence electrons. The van der Waals surface area contributed by atoms with E-state index >= 15 is 0 Å². The number of hydrogen-bond donors (Lipinski definition) is 0. The molecule has 1 aromatic rings. The third kappa shape index (κ3) is 2.85. The van der Waals surface area contributed by atoms with E-state index in [1.165, 1.54) is 11.3 Å². The Bertz CT molecular complexity index is 468. The topological polar surface area (TPSA) is 29.5 Å². The molecular formula is C15H19NO2S2. The number of thioether (sulfide) groups is 2. The first kappa shape index (κ1) is 14.3. The molecule has 0 amide bonds. The summed E-state index contributed by atoms with van der Waals surface area (Å²) in [6, 6.07) is 10.4. The first-order valence-corrected chi connectivity index (χ1v) is 9.00. The van der Waals surface area contributed by atoms with Gasteiger partial charge in [-0.15, -0.1) is 23.5 Å². The molecule has 5 heteroatoms. The second-order valence-electron chi connectivity index (χ2n) is 4.97. The number of rotatable bonds is 4. The molecule has 2 heterocycles. The summed E-state index contributed by atoms with van der Waals surface area (Å²) in [6.45, 7) is 2.34. The van der Waals surface area contributed by atoms with Crippen molar-refractivity contribution in [3.05, 3.63) is 30.3 Å². The van der Waals surface area contributed by atoms with Crippen LogP contribution in [0, 0.1) is 0 Å². The quantitative estimate of drug-likeness (QED) is 0.797. The largest absolute Gasteiger partial charge is 0.465 e. The van der Waals surface area contributed by atoms with Gasteiger partial charge in [0.1, 0.15) is 6.04 Å². The number of fused-ring (bicyclic) bond motifs is 1. The fraction of sp³-hybridized carbons (Fsp3) is 0.533. The molecule has 0 N–H and O–H groups in total. The second-order valence-corrected chi connectivity index (χ2v) is 7.43. The summed E-state index contributed by atoms with van der Waals surface area (Å²) < 4.78 is 5.23. The predicted molar refractivity (Wildman–Crippen MR) is 83.8 cm³/mol. The predicted octanol–water partition coefficient (Wildman–Crippen LogP) is 3.21. The Morgan fingerprint density at radius 1 is 1.40 bits per heavy atom. The molecule has 3 nitrogen and oxygen atoms in total. The highest BCUT2D eigenvalue weighted by Crippen LogP contribution is 2.45. The Labute approximate surface area is 128 Å². The Balaban J connectivity index is 1.71. The average Bonchev–Trinajstić information content (AvgIpc) is 3.03. The van der Waals surface area contributed by atoms with Crippen LogP contribution in [0.4, 0.5) is 0 Å². The molecule has 2 aliphatic rings. The van der Waals surface area contributed by atoms with Crippen LogP contribution < -0.4 is 0 Å². The van der Waals surface area contributed by atoms with Crippen LogP contribution in [0.2, 0.25) is 0 Å². The van der Waals surface area contributed by atoms with Crippen molar-refractivity contribution < 1.29 is 9.53 Å².